The normalized spacial score (nSPS) is 20.2. The number of nitrogens with one attached hydrogen (secondary N) is 1. The summed E-state index contributed by atoms with van der Waals surface area (Å²) in [6.07, 6.45) is 2.20. The Kier molecular flexibility index (Phi) is 5.82. The van der Waals surface area contributed by atoms with Gasteiger partial charge in [0.05, 0.1) is 13.8 Å². The van der Waals surface area contributed by atoms with E-state index < -0.39 is 17.4 Å². The van der Waals surface area contributed by atoms with Crippen LogP contribution in [0.4, 0.5) is 9.18 Å². The zero-order valence-corrected chi connectivity index (χ0v) is 17.7. The number of ether oxygens (including phenoxy) is 2. The molecule has 7 nitrogen and oxygen atoms in total. The maximum Gasteiger partial charge on any atom is 0.326 e. The molecule has 2 aromatic carbocycles. The van der Waals surface area contributed by atoms with Gasteiger partial charge in [-0.25, -0.2) is 14.1 Å². The first-order valence-corrected chi connectivity index (χ1v) is 10.3. The third-order valence-electron chi connectivity index (χ3n) is 5.90. The van der Waals surface area contributed by atoms with Crippen LogP contribution in [0.25, 0.3) is 0 Å². The predicted molar refractivity (Wildman–Crippen MR) is 112 cm³/mol. The van der Waals surface area contributed by atoms with Crippen molar-refractivity contribution < 1.29 is 23.5 Å². The van der Waals surface area contributed by atoms with Crippen molar-refractivity contribution in [1.29, 1.82) is 0 Å². The molecule has 1 aliphatic carbocycles. The van der Waals surface area contributed by atoms with Crippen LogP contribution >= 0.6 is 0 Å². The molecule has 3 amide bonds. The third kappa shape index (κ3) is 3.95. The number of benzene rings is 2. The number of hydrogen-bond donors (Lipinski definition) is 1. The van der Waals surface area contributed by atoms with Crippen molar-refractivity contribution >= 4 is 11.9 Å². The molecule has 2 aromatic rings. The van der Waals surface area contributed by atoms with Crippen molar-refractivity contribution in [2.75, 3.05) is 34.0 Å². The maximum absolute atomic E-state index is 13.7. The third-order valence-corrected chi connectivity index (χ3v) is 5.90. The summed E-state index contributed by atoms with van der Waals surface area (Å²) in [6.45, 7) is 0.777. The molecular weight excluding hydrogens is 401 g/mol. The summed E-state index contributed by atoms with van der Waals surface area (Å²) in [5.74, 6) is 0.248. The molecule has 1 atom stereocenters. The van der Waals surface area contributed by atoms with Gasteiger partial charge in [0.25, 0.3) is 5.91 Å². The van der Waals surface area contributed by atoms with Gasteiger partial charge in [0.1, 0.15) is 17.9 Å². The lowest BCUT2D eigenvalue weighted by atomic mass is 9.76. The number of methoxy groups -OCH3 is 1. The summed E-state index contributed by atoms with van der Waals surface area (Å²) in [5, 5.41) is 2.95. The van der Waals surface area contributed by atoms with Gasteiger partial charge < -0.3 is 14.8 Å². The molecule has 0 unspecified atom stereocenters. The minimum Gasteiger partial charge on any atom is -0.497 e. The number of urea groups is 1. The summed E-state index contributed by atoms with van der Waals surface area (Å²) in [7, 11) is 3.40. The lowest BCUT2D eigenvalue weighted by Gasteiger charge is -2.33. The lowest BCUT2D eigenvalue weighted by Crippen LogP contribution is -2.47. The number of hydrogen-bond acceptors (Lipinski definition) is 5. The number of fused-ring (bicyclic) bond motifs is 2. The molecule has 0 aromatic heterocycles. The van der Waals surface area contributed by atoms with Gasteiger partial charge in [-0.2, -0.15) is 0 Å². The van der Waals surface area contributed by atoms with E-state index in [9.17, 15) is 14.0 Å². The molecule has 0 radical (unpaired) electrons. The van der Waals surface area contributed by atoms with Gasteiger partial charge in [0.2, 0.25) is 0 Å². The second kappa shape index (κ2) is 8.55. The Morgan fingerprint density at radius 3 is 2.81 bits per heavy atom. The molecule has 1 fully saturated rings. The summed E-state index contributed by atoms with van der Waals surface area (Å²) >= 11 is 0. The molecule has 2 aliphatic rings. The number of rotatable bonds is 7. The van der Waals surface area contributed by atoms with Crippen LogP contribution in [0, 0.1) is 5.82 Å². The Morgan fingerprint density at radius 2 is 2.03 bits per heavy atom. The van der Waals surface area contributed by atoms with Crippen LogP contribution < -0.4 is 14.8 Å². The van der Waals surface area contributed by atoms with Gasteiger partial charge in [-0.15, -0.1) is 0 Å². The second-order valence-electron chi connectivity index (χ2n) is 7.95. The van der Waals surface area contributed by atoms with Gasteiger partial charge in [0, 0.05) is 6.54 Å². The van der Waals surface area contributed by atoms with E-state index in [4.69, 9.17) is 9.47 Å². The lowest BCUT2D eigenvalue weighted by molar-refractivity contribution is -0.133. The highest BCUT2D eigenvalue weighted by Crippen LogP contribution is 2.41. The Hall–Kier alpha value is -3.13. The highest BCUT2D eigenvalue weighted by molar-refractivity contribution is 6.07. The summed E-state index contributed by atoms with van der Waals surface area (Å²) in [6, 6.07) is 11.4. The fourth-order valence-corrected chi connectivity index (χ4v) is 4.29. The van der Waals surface area contributed by atoms with E-state index in [1.807, 2.05) is 18.2 Å². The molecule has 1 spiro atoms. The fourth-order valence-electron chi connectivity index (χ4n) is 4.29. The SMILES string of the molecule is COc1ccc2c(c1)CCC[C@]21NC(=O)N(CN(C)CCOc2ccccc2F)C1=O. The zero-order valence-electron chi connectivity index (χ0n) is 17.7. The van der Waals surface area contributed by atoms with Crippen molar-refractivity contribution in [2.45, 2.75) is 24.8 Å². The molecule has 164 valence electrons. The number of carbonyl (C=O) groups is 2. The van der Waals surface area contributed by atoms with Crippen molar-refractivity contribution in [2.24, 2.45) is 0 Å². The fraction of sp³-hybridized carbons (Fsp3) is 0.391. The average Bonchev–Trinajstić information content (AvgIpc) is 2.99. The van der Waals surface area contributed by atoms with Crippen LogP contribution in [0.3, 0.4) is 0 Å². The molecule has 1 saturated heterocycles. The van der Waals surface area contributed by atoms with Crippen LogP contribution in [0.2, 0.25) is 0 Å². The summed E-state index contributed by atoms with van der Waals surface area (Å²) < 4.78 is 24.4. The van der Waals surface area contributed by atoms with Gasteiger partial charge in [-0.1, -0.05) is 18.2 Å². The van der Waals surface area contributed by atoms with Gasteiger partial charge in [-0.05, 0) is 61.7 Å². The van der Waals surface area contributed by atoms with Crippen molar-refractivity contribution in [3.8, 4) is 11.5 Å². The van der Waals surface area contributed by atoms with E-state index in [0.717, 1.165) is 29.7 Å². The van der Waals surface area contributed by atoms with E-state index in [2.05, 4.69) is 5.32 Å². The highest BCUT2D eigenvalue weighted by Gasteiger charge is 2.54. The molecule has 0 bridgehead atoms. The van der Waals surface area contributed by atoms with E-state index in [-0.39, 0.29) is 24.9 Å². The first kappa shape index (κ1) is 21.1. The first-order chi connectivity index (χ1) is 14.9. The van der Waals surface area contributed by atoms with Gasteiger partial charge in [0.15, 0.2) is 11.6 Å². The molecule has 8 heteroatoms. The Morgan fingerprint density at radius 1 is 1.23 bits per heavy atom. The van der Waals surface area contributed by atoms with E-state index >= 15 is 0 Å². The number of imide groups is 1. The van der Waals surface area contributed by atoms with E-state index in [1.54, 1.807) is 37.3 Å². The minimum atomic E-state index is -1.03. The van der Waals surface area contributed by atoms with Crippen molar-refractivity contribution in [3.63, 3.8) is 0 Å². The van der Waals surface area contributed by atoms with Crippen LogP contribution in [0.5, 0.6) is 11.5 Å². The number of para-hydroxylation sites is 1. The summed E-state index contributed by atoms with van der Waals surface area (Å²) in [5.41, 5.74) is 0.834. The van der Waals surface area contributed by atoms with E-state index in [0.29, 0.717) is 13.0 Å². The second-order valence-corrected chi connectivity index (χ2v) is 7.95. The molecular formula is C23H26FN3O4. The molecule has 1 N–H and O–H groups in total. The number of nitrogens with zero attached hydrogens (tertiary/aromatic N) is 2. The van der Waals surface area contributed by atoms with Crippen LogP contribution in [0.1, 0.15) is 24.0 Å². The number of amides is 3. The molecule has 31 heavy (non-hydrogen) atoms. The smallest absolute Gasteiger partial charge is 0.326 e. The highest BCUT2D eigenvalue weighted by atomic mass is 19.1. The van der Waals surface area contributed by atoms with E-state index in [1.165, 1.54) is 11.0 Å². The topological polar surface area (TPSA) is 71.1 Å². The molecule has 0 saturated carbocycles. The number of aryl methyl sites for hydroxylation is 1. The monoisotopic (exact) mass is 427 g/mol. The minimum absolute atomic E-state index is 0.124. The van der Waals surface area contributed by atoms with Gasteiger partial charge >= 0.3 is 6.03 Å². The number of carbonyl (C=O) groups excluding carboxylic acids is 2. The number of halogens is 1. The molecule has 4 rings (SSSR count). The van der Waals surface area contributed by atoms with Crippen molar-refractivity contribution in [1.82, 2.24) is 15.1 Å². The van der Waals surface area contributed by atoms with Gasteiger partial charge in [-0.3, -0.25) is 9.69 Å². The zero-order chi connectivity index (χ0) is 22.0. The van der Waals surface area contributed by atoms with Crippen LogP contribution in [-0.4, -0.2) is 55.7 Å². The average molecular weight is 427 g/mol. The standard InChI is InChI=1S/C23H26FN3O4/c1-26(12-13-31-20-8-4-3-7-19(20)24)15-27-21(28)23(25-22(27)29)11-5-6-16-14-17(30-2)9-10-18(16)23/h3-4,7-10,14H,5-6,11-13,15H2,1-2H3,(H,25,29)/t23-/m0/s1. The quantitative estimate of drug-likeness (QED) is 0.688. The Labute approximate surface area is 180 Å². The summed E-state index contributed by atoms with van der Waals surface area (Å²) in [4.78, 5) is 29.2. The largest absolute Gasteiger partial charge is 0.497 e. The maximum atomic E-state index is 13.7. The predicted octanol–water partition coefficient (Wildman–Crippen LogP) is 2.89. The first-order valence-electron chi connectivity index (χ1n) is 10.3. The number of likely N-dealkylation sites (N-methyl/N-ethyl adjacent to an activating group) is 1. The Balaban J connectivity index is 1.43. The van der Waals surface area contributed by atoms with Crippen LogP contribution in [0.15, 0.2) is 42.5 Å². The van der Waals surface area contributed by atoms with Crippen molar-refractivity contribution in [3.05, 3.63) is 59.4 Å². The van der Waals surface area contributed by atoms with Crippen LogP contribution in [-0.2, 0) is 16.8 Å². The molecule has 1 heterocycles. The Bertz CT molecular complexity index is 999. The molecule has 1 aliphatic heterocycles.